The van der Waals surface area contributed by atoms with Gasteiger partial charge in [0.1, 0.15) is 29.0 Å². The Morgan fingerprint density at radius 3 is 2.26 bits per heavy atom. The molecule has 2 aromatic rings. The largest absolute Gasteiger partial charge is 0.494 e. The van der Waals surface area contributed by atoms with Crippen LogP contribution in [-0.4, -0.2) is 32.1 Å². The Morgan fingerprint density at radius 2 is 1.66 bits per heavy atom. The third-order valence-electron chi connectivity index (χ3n) is 4.48. The van der Waals surface area contributed by atoms with Gasteiger partial charge in [-0.1, -0.05) is 31.2 Å². The summed E-state index contributed by atoms with van der Waals surface area (Å²) >= 11 is 0. The lowest BCUT2D eigenvalue weighted by molar-refractivity contribution is -0.129. The second-order valence-corrected chi connectivity index (χ2v) is 7.06. The summed E-state index contributed by atoms with van der Waals surface area (Å²) < 4.78 is 16.2. The molecule has 2 rings (SSSR count). The fourth-order valence-corrected chi connectivity index (χ4v) is 2.77. The van der Waals surface area contributed by atoms with E-state index in [1.54, 1.807) is 30.3 Å². The van der Waals surface area contributed by atoms with Crippen molar-refractivity contribution in [2.24, 2.45) is 0 Å². The summed E-state index contributed by atoms with van der Waals surface area (Å²) in [7, 11) is 1.38. The molecule has 8 nitrogen and oxygen atoms in total. The minimum atomic E-state index is -0.859. The van der Waals surface area contributed by atoms with E-state index < -0.39 is 11.9 Å². The molecule has 35 heavy (non-hydrogen) atoms. The van der Waals surface area contributed by atoms with Gasteiger partial charge < -0.3 is 19.5 Å². The quantitative estimate of drug-likeness (QED) is 0.171. The lowest BCUT2D eigenvalue weighted by Gasteiger charge is -2.10. The van der Waals surface area contributed by atoms with Gasteiger partial charge in [0.05, 0.1) is 13.7 Å². The Kier molecular flexibility index (Phi) is 10.3. The zero-order valence-corrected chi connectivity index (χ0v) is 19.5. The van der Waals surface area contributed by atoms with Crippen molar-refractivity contribution in [2.45, 2.75) is 13.3 Å². The fraction of sp³-hybridized carbons (Fsp3) is 0.185. The van der Waals surface area contributed by atoms with Crippen LogP contribution in [0.3, 0.4) is 0 Å². The minimum Gasteiger partial charge on any atom is -0.494 e. The number of benzene rings is 2. The average molecular weight is 472 g/mol. The van der Waals surface area contributed by atoms with Crippen molar-refractivity contribution in [2.75, 3.05) is 20.3 Å². The molecule has 0 aliphatic rings. The molecule has 8 heteroatoms. The molecule has 0 radical (unpaired) electrons. The second kappa shape index (κ2) is 13.7. The average Bonchev–Trinajstić information content (AvgIpc) is 2.88. The highest BCUT2D eigenvalue weighted by Gasteiger charge is 2.16. The number of rotatable bonds is 11. The molecule has 0 aliphatic carbocycles. The van der Waals surface area contributed by atoms with E-state index in [9.17, 15) is 20.1 Å². The maximum atomic E-state index is 12.6. The summed E-state index contributed by atoms with van der Waals surface area (Å²) in [5.74, 6) is -0.446. The molecule has 0 saturated heterocycles. The number of methoxy groups -OCH3 is 1. The molecule has 1 N–H and O–H groups in total. The van der Waals surface area contributed by atoms with E-state index in [1.807, 2.05) is 19.1 Å². The molecule has 0 atom stereocenters. The smallest absolute Gasteiger partial charge is 0.354 e. The number of esters is 1. The molecule has 0 aromatic heterocycles. The number of ether oxygens (including phenoxy) is 3. The number of nitrogens with one attached hydrogen (secondary N) is 1. The van der Waals surface area contributed by atoms with Crippen LogP contribution in [0.1, 0.15) is 24.5 Å². The standard InChI is InChI=1S/C27H25N3O5/c1-4-12-30-26(31)21(17-28)15-20-8-11-24(25(16-20)33-3)35-27(32)22(18-29)14-19-6-9-23(10-7-19)34-13-5-2/h4,6-11,14-16H,1,5,12-13H2,2-3H3,(H,30,31)/b21-15+,22-14+. The molecule has 0 aliphatic heterocycles. The zero-order chi connectivity index (χ0) is 25.6. The molecular weight excluding hydrogens is 446 g/mol. The van der Waals surface area contributed by atoms with E-state index in [0.717, 1.165) is 6.42 Å². The van der Waals surface area contributed by atoms with Gasteiger partial charge in [-0.15, -0.1) is 6.58 Å². The van der Waals surface area contributed by atoms with Crippen LogP contribution in [0.25, 0.3) is 12.2 Å². The third kappa shape index (κ3) is 7.92. The first-order valence-electron chi connectivity index (χ1n) is 10.7. The van der Waals surface area contributed by atoms with Crippen molar-refractivity contribution in [1.82, 2.24) is 5.32 Å². The number of nitriles is 2. The highest BCUT2D eigenvalue weighted by atomic mass is 16.6. The van der Waals surface area contributed by atoms with E-state index >= 15 is 0 Å². The number of carbonyl (C=O) groups is 2. The van der Waals surface area contributed by atoms with Crippen molar-refractivity contribution >= 4 is 24.0 Å². The van der Waals surface area contributed by atoms with Crippen LogP contribution in [0.2, 0.25) is 0 Å². The number of hydrogen-bond donors (Lipinski definition) is 1. The van der Waals surface area contributed by atoms with Gasteiger partial charge in [0.15, 0.2) is 11.5 Å². The minimum absolute atomic E-state index is 0.0775. The van der Waals surface area contributed by atoms with Gasteiger partial charge in [-0.25, -0.2) is 4.79 Å². The van der Waals surface area contributed by atoms with E-state index in [2.05, 4.69) is 11.9 Å². The first kappa shape index (κ1) is 26.4. The monoisotopic (exact) mass is 471 g/mol. The molecule has 0 saturated carbocycles. The molecule has 0 spiro atoms. The van der Waals surface area contributed by atoms with E-state index in [0.29, 0.717) is 23.5 Å². The van der Waals surface area contributed by atoms with Gasteiger partial charge in [0, 0.05) is 6.54 Å². The number of amides is 1. The van der Waals surface area contributed by atoms with Crippen molar-refractivity contribution in [3.8, 4) is 29.4 Å². The predicted octanol–water partition coefficient (Wildman–Crippen LogP) is 4.21. The topological polar surface area (TPSA) is 121 Å². The van der Waals surface area contributed by atoms with Crippen molar-refractivity contribution in [3.63, 3.8) is 0 Å². The fourth-order valence-electron chi connectivity index (χ4n) is 2.77. The summed E-state index contributed by atoms with van der Waals surface area (Å²) in [4.78, 5) is 24.6. The Labute approximate surface area is 204 Å². The van der Waals surface area contributed by atoms with Crippen LogP contribution in [0.4, 0.5) is 0 Å². The molecule has 0 heterocycles. The zero-order valence-electron chi connectivity index (χ0n) is 19.5. The Balaban J connectivity index is 2.21. The number of nitrogens with zero attached hydrogens (tertiary/aromatic N) is 2. The van der Waals surface area contributed by atoms with Crippen LogP contribution >= 0.6 is 0 Å². The van der Waals surface area contributed by atoms with Gasteiger partial charge >= 0.3 is 5.97 Å². The molecule has 1 amide bonds. The van der Waals surface area contributed by atoms with Gasteiger partial charge in [0.25, 0.3) is 5.91 Å². The SMILES string of the molecule is C=CCNC(=O)/C(C#N)=C/c1ccc(OC(=O)/C(C#N)=C/c2ccc(OCCC)cc2)c(OC)c1. The first-order valence-corrected chi connectivity index (χ1v) is 10.7. The van der Waals surface area contributed by atoms with E-state index in [4.69, 9.17) is 14.2 Å². The Hall–Kier alpha value is -4.82. The van der Waals surface area contributed by atoms with E-state index in [1.165, 1.54) is 37.5 Å². The Bertz CT molecular complexity index is 1210. The molecular formula is C27H25N3O5. The van der Waals surface area contributed by atoms with Crippen LogP contribution in [0.5, 0.6) is 17.2 Å². The van der Waals surface area contributed by atoms with Crippen molar-refractivity contribution in [1.29, 1.82) is 10.5 Å². The summed E-state index contributed by atoms with van der Waals surface area (Å²) in [6.45, 7) is 6.34. The summed E-state index contributed by atoms with van der Waals surface area (Å²) in [6.07, 6.45) is 5.18. The lowest BCUT2D eigenvalue weighted by Crippen LogP contribution is -2.24. The summed E-state index contributed by atoms with van der Waals surface area (Å²) in [6, 6.07) is 15.2. The van der Waals surface area contributed by atoms with Crippen LogP contribution in [-0.2, 0) is 9.59 Å². The van der Waals surface area contributed by atoms with Crippen molar-refractivity contribution in [3.05, 3.63) is 77.4 Å². The van der Waals surface area contributed by atoms with E-state index in [-0.39, 0.29) is 29.2 Å². The summed E-state index contributed by atoms with van der Waals surface area (Å²) in [5.41, 5.74) is 0.797. The van der Waals surface area contributed by atoms with Gasteiger partial charge in [0.2, 0.25) is 0 Å². The molecule has 0 bridgehead atoms. The highest BCUT2D eigenvalue weighted by molar-refractivity contribution is 6.02. The first-order chi connectivity index (χ1) is 16.9. The third-order valence-corrected chi connectivity index (χ3v) is 4.48. The van der Waals surface area contributed by atoms with Crippen LogP contribution < -0.4 is 19.5 Å². The molecule has 0 unspecified atom stereocenters. The van der Waals surface area contributed by atoms with Gasteiger partial charge in [-0.2, -0.15) is 10.5 Å². The maximum absolute atomic E-state index is 12.6. The normalized spacial score (nSPS) is 11.0. The van der Waals surface area contributed by atoms with Gasteiger partial charge in [-0.05, 0) is 54.0 Å². The Morgan fingerprint density at radius 1 is 1.00 bits per heavy atom. The highest BCUT2D eigenvalue weighted by Crippen LogP contribution is 2.30. The van der Waals surface area contributed by atoms with Crippen LogP contribution in [0, 0.1) is 22.7 Å². The predicted molar refractivity (Wildman–Crippen MR) is 131 cm³/mol. The second-order valence-electron chi connectivity index (χ2n) is 7.06. The number of hydrogen-bond acceptors (Lipinski definition) is 7. The lowest BCUT2D eigenvalue weighted by atomic mass is 10.1. The number of carbonyl (C=O) groups excluding carboxylic acids is 2. The molecule has 0 fully saturated rings. The molecule has 178 valence electrons. The maximum Gasteiger partial charge on any atom is 0.354 e. The van der Waals surface area contributed by atoms with Crippen molar-refractivity contribution < 1.29 is 23.8 Å². The van der Waals surface area contributed by atoms with Crippen LogP contribution in [0.15, 0.2) is 66.3 Å². The van der Waals surface area contributed by atoms with Gasteiger partial charge in [-0.3, -0.25) is 4.79 Å². The summed E-state index contributed by atoms with van der Waals surface area (Å²) in [5, 5.41) is 21.3. The molecule has 2 aromatic carbocycles.